The Morgan fingerprint density at radius 2 is 2.17 bits per heavy atom. The van der Waals surface area contributed by atoms with Crippen molar-refractivity contribution in [2.75, 3.05) is 31.5 Å². The Labute approximate surface area is 107 Å². The van der Waals surface area contributed by atoms with E-state index in [-0.39, 0.29) is 5.91 Å². The number of hydrogen-bond acceptors (Lipinski definition) is 3. The predicted octanol–water partition coefficient (Wildman–Crippen LogP) is 0.919. The van der Waals surface area contributed by atoms with Crippen LogP contribution in [0.5, 0.6) is 0 Å². The van der Waals surface area contributed by atoms with E-state index >= 15 is 0 Å². The van der Waals surface area contributed by atoms with Gasteiger partial charge in [-0.1, -0.05) is 18.2 Å². The number of nitrogens with zero attached hydrogens (tertiary/aromatic N) is 1. The molecule has 4 nitrogen and oxygen atoms in total. The Kier molecular flexibility index (Phi) is 3.30. The summed E-state index contributed by atoms with van der Waals surface area (Å²) in [5, 5.41) is 6.43. The molecule has 1 aromatic carbocycles. The van der Waals surface area contributed by atoms with Gasteiger partial charge in [-0.2, -0.15) is 0 Å². The summed E-state index contributed by atoms with van der Waals surface area (Å²) in [7, 11) is 0. The Bertz CT molecular complexity index is 408. The first-order valence-electron chi connectivity index (χ1n) is 6.62. The number of anilines is 1. The standard InChI is InChI=1S/C14H19N3O/c18-14(16-12-4-2-1-3-5-12)10-17-8-11-6-7-15-13(11)9-17/h1-5,11,13,15H,6-10H2,(H,16,18)/t11-,13+/m0/s1. The van der Waals surface area contributed by atoms with Gasteiger partial charge in [0.25, 0.3) is 0 Å². The monoisotopic (exact) mass is 245 g/mol. The highest BCUT2D eigenvalue weighted by molar-refractivity contribution is 5.92. The fourth-order valence-corrected chi connectivity index (χ4v) is 2.99. The number of fused-ring (bicyclic) bond motifs is 1. The van der Waals surface area contributed by atoms with Crippen LogP contribution in [0.2, 0.25) is 0 Å². The van der Waals surface area contributed by atoms with Crippen molar-refractivity contribution in [3.05, 3.63) is 30.3 Å². The number of likely N-dealkylation sites (tertiary alicyclic amines) is 1. The van der Waals surface area contributed by atoms with Crippen molar-refractivity contribution in [2.24, 2.45) is 5.92 Å². The number of benzene rings is 1. The number of nitrogens with one attached hydrogen (secondary N) is 2. The number of carbonyl (C=O) groups excluding carboxylic acids is 1. The summed E-state index contributed by atoms with van der Waals surface area (Å²) in [6.07, 6.45) is 1.25. The van der Waals surface area contributed by atoms with Crippen molar-refractivity contribution in [3.8, 4) is 0 Å². The van der Waals surface area contributed by atoms with E-state index in [1.54, 1.807) is 0 Å². The maximum atomic E-state index is 11.9. The van der Waals surface area contributed by atoms with Gasteiger partial charge < -0.3 is 10.6 Å². The van der Waals surface area contributed by atoms with Crippen LogP contribution in [0.4, 0.5) is 5.69 Å². The molecular formula is C14H19N3O. The molecule has 2 heterocycles. The average Bonchev–Trinajstić information content (AvgIpc) is 2.90. The van der Waals surface area contributed by atoms with Crippen molar-refractivity contribution in [2.45, 2.75) is 12.5 Å². The van der Waals surface area contributed by atoms with E-state index in [2.05, 4.69) is 15.5 Å². The average molecular weight is 245 g/mol. The van der Waals surface area contributed by atoms with Crippen LogP contribution >= 0.6 is 0 Å². The number of amides is 1. The molecule has 2 fully saturated rings. The molecule has 3 rings (SSSR count). The maximum absolute atomic E-state index is 11.9. The van der Waals surface area contributed by atoms with Crippen LogP contribution in [0.25, 0.3) is 0 Å². The first-order valence-corrected chi connectivity index (χ1v) is 6.62. The molecule has 0 radical (unpaired) electrons. The van der Waals surface area contributed by atoms with Crippen LogP contribution in [0.15, 0.2) is 30.3 Å². The molecule has 0 unspecified atom stereocenters. The van der Waals surface area contributed by atoms with Crippen molar-refractivity contribution in [1.29, 1.82) is 0 Å². The lowest BCUT2D eigenvalue weighted by molar-refractivity contribution is -0.117. The van der Waals surface area contributed by atoms with Crippen LogP contribution in [-0.2, 0) is 4.79 Å². The lowest BCUT2D eigenvalue weighted by atomic mass is 10.1. The van der Waals surface area contributed by atoms with E-state index in [0.29, 0.717) is 12.6 Å². The van der Waals surface area contributed by atoms with Gasteiger partial charge in [-0.05, 0) is 31.0 Å². The molecule has 2 aliphatic rings. The van der Waals surface area contributed by atoms with Gasteiger partial charge >= 0.3 is 0 Å². The minimum atomic E-state index is 0.0844. The Morgan fingerprint density at radius 3 is 2.94 bits per heavy atom. The minimum absolute atomic E-state index is 0.0844. The second kappa shape index (κ2) is 5.08. The zero-order valence-electron chi connectivity index (χ0n) is 10.4. The molecular weight excluding hydrogens is 226 g/mol. The van der Waals surface area contributed by atoms with E-state index < -0.39 is 0 Å². The third-order valence-electron chi connectivity index (χ3n) is 3.86. The summed E-state index contributed by atoms with van der Waals surface area (Å²) in [6, 6.07) is 10.2. The molecule has 0 spiro atoms. The Balaban J connectivity index is 1.50. The largest absolute Gasteiger partial charge is 0.325 e. The highest BCUT2D eigenvalue weighted by Gasteiger charge is 2.36. The van der Waals surface area contributed by atoms with Crippen molar-refractivity contribution >= 4 is 11.6 Å². The molecule has 1 amide bonds. The second-order valence-electron chi connectivity index (χ2n) is 5.22. The van der Waals surface area contributed by atoms with Gasteiger partial charge in [-0.3, -0.25) is 9.69 Å². The van der Waals surface area contributed by atoms with E-state index in [1.807, 2.05) is 30.3 Å². The zero-order valence-corrected chi connectivity index (χ0v) is 10.4. The summed E-state index contributed by atoms with van der Waals surface area (Å²) in [6.45, 7) is 3.70. The summed E-state index contributed by atoms with van der Waals surface area (Å²) in [4.78, 5) is 14.2. The van der Waals surface area contributed by atoms with Gasteiger partial charge in [0.1, 0.15) is 0 Å². The number of para-hydroxylation sites is 1. The number of hydrogen-bond donors (Lipinski definition) is 2. The molecule has 96 valence electrons. The molecule has 18 heavy (non-hydrogen) atoms. The van der Waals surface area contributed by atoms with E-state index in [9.17, 15) is 4.79 Å². The van der Waals surface area contributed by atoms with Crippen LogP contribution in [-0.4, -0.2) is 43.0 Å². The first-order chi connectivity index (χ1) is 8.81. The van der Waals surface area contributed by atoms with E-state index in [4.69, 9.17) is 0 Å². The van der Waals surface area contributed by atoms with E-state index in [1.165, 1.54) is 6.42 Å². The molecule has 0 aliphatic carbocycles. The molecule has 2 aliphatic heterocycles. The lowest BCUT2D eigenvalue weighted by Gasteiger charge is -2.16. The topological polar surface area (TPSA) is 44.4 Å². The Hall–Kier alpha value is -1.39. The highest BCUT2D eigenvalue weighted by Crippen LogP contribution is 2.24. The molecule has 0 saturated carbocycles. The summed E-state index contributed by atoms with van der Waals surface area (Å²) < 4.78 is 0. The summed E-state index contributed by atoms with van der Waals surface area (Å²) in [5.41, 5.74) is 0.875. The van der Waals surface area contributed by atoms with Gasteiger partial charge in [-0.25, -0.2) is 0 Å². The predicted molar refractivity (Wildman–Crippen MR) is 71.4 cm³/mol. The van der Waals surface area contributed by atoms with Gasteiger partial charge in [0.05, 0.1) is 6.54 Å². The fraction of sp³-hybridized carbons (Fsp3) is 0.500. The number of carbonyl (C=O) groups is 1. The van der Waals surface area contributed by atoms with Gasteiger partial charge in [0.15, 0.2) is 0 Å². The second-order valence-corrected chi connectivity index (χ2v) is 5.22. The number of rotatable bonds is 3. The quantitative estimate of drug-likeness (QED) is 0.832. The van der Waals surface area contributed by atoms with Gasteiger partial charge in [0.2, 0.25) is 5.91 Å². The molecule has 2 saturated heterocycles. The van der Waals surface area contributed by atoms with Crippen LogP contribution in [0.3, 0.4) is 0 Å². The van der Waals surface area contributed by atoms with Crippen molar-refractivity contribution < 1.29 is 4.79 Å². The van der Waals surface area contributed by atoms with Crippen LogP contribution in [0.1, 0.15) is 6.42 Å². The van der Waals surface area contributed by atoms with Gasteiger partial charge in [-0.15, -0.1) is 0 Å². The third-order valence-corrected chi connectivity index (χ3v) is 3.86. The van der Waals surface area contributed by atoms with Crippen LogP contribution < -0.4 is 10.6 Å². The fourth-order valence-electron chi connectivity index (χ4n) is 2.99. The zero-order chi connectivity index (χ0) is 12.4. The molecule has 0 aromatic heterocycles. The lowest BCUT2D eigenvalue weighted by Crippen LogP contribution is -2.35. The first kappa shape index (κ1) is 11.7. The maximum Gasteiger partial charge on any atom is 0.238 e. The molecule has 4 heteroatoms. The Morgan fingerprint density at radius 1 is 1.33 bits per heavy atom. The van der Waals surface area contributed by atoms with Crippen molar-refractivity contribution in [1.82, 2.24) is 10.2 Å². The normalized spacial score (nSPS) is 27.1. The highest BCUT2D eigenvalue weighted by atomic mass is 16.2. The molecule has 2 N–H and O–H groups in total. The molecule has 1 aromatic rings. The van der Waals surface area contributed by atoms with Crippen molar-refractivity contribution in [3.63, 3.8) is 0 Å². The summed E-state index contributed by atoms with van der Waals surface area (Å²) >= 11 is 0. The van der Waals surface area contributed by atoms with Crippen LogP contribution in [0, 0.1) is 5.92 Å². The third kappa shape index (κ3) is 2.54. The van der Waals surface area contributed by atoms with Gasteiger partial charge in [0, 0.05) is 24.8 Å². The molecule has 2 atom stereocenters. The molecule has 0 bridgehead atoms. The minimum Gasteiger partial charge on any atom is -0.325 e. The summed E-state index contributed by atoms with van der Waals surface area (Å²) in [5.74, 6) is 0.829. The SMILES string of the molecule is O=C(CN1C[C@@H]2CCN[C@@H]2C1)Nc1ccccc1. The smallest absolute Gasteiger partial charge is 0.238 e. The van der Waals surface area contributed by atoms with E-state index in [0.717, 1.165) is 31.2 Å².